The molecule has 1 saturated heterocycles. The van der Waals surface area contributed by atoms with Crippen molar-refractivity contribution >= 4 is 15.9 Å². The first-order valence-corrected chi connectivity index (χ1v) is 7.16. The molecule has 0 radical (unpaired) electrons. The molecule has 0 aliphatic carbocycles. The Morgan fingerprint density at radius 3 is 3.00 bits per heavy atom. The Labute approximate surface area is 112 Å². The van der Waals surface area contributed by atoms with Crippen LogP contribution in [-0.2, 0) is 4.74 Å². The van der Waals surface area contributed by atoms with E-state index in [-0.39, 0.29) is 0 Å². The van der Waals surface area contributed by atoms with E-state index in [2.05, 4.69) is 46.4 Å². The molecule has 17 heavy (non-hydrogen) atoms. The molecule has 1 heterocycles. The molecule has 0 saturated carbocycles. The molecule has 0 aromatic heterocycles. The van der Waals surface area contributed by atoms with Crippen molar-refractivity contribution in [2.75, 3.05) is 13.2 Å². The number of hydrogen-bond donors (Lipinski definition) is 1. The van der Waals surface area contributed by atoms with Gasteiger partial charge in [-0.1, -0.05) is 34.1 Å². The van der Waals surface area contributed by atoms with E-state index in [0.717, 1.165) is 19.6 Å². The van der Waals surface area contributed by atoms with Crippen LogP contribution in [0.2, 0.25) is 0 Å². The van der Waals surface area contributed by atoms with Crippen LogP contribution in [0, 0.1) is 0 Å². The summed E-state index contributed by atoms with van der Waals surface area (Å²) in [5, 5.41) is 3.56. The van der Waals surface area contributed by atoms with Crippen LogP contribution in [0.4, 0.5) is 0 Å². The van der Waals surface area contributed by atoms with Gasteiger partial charge in [0, 0.05) is 17.1 Å². The average molecular weight is 298 g/mol. The molecule has 1 aromatic carbocycles. The summed E-state index contributed by atoms with van der Waals surface area (Å²) in [5.41, 5.74) is 1.32. The maximum absolute atomic E-state index is 5.61. The number of hydrogen-bond acceptors (Lipinski definition) is 2. The number of rotatable bonds is 5. The highest BCUT2D eigenvalue weighted by atomic mass is 79.9. The molecule has 0 bridgehead atoms. The van der Waals surface area contributed by atoms with Gasteiger partial charge in [0.05, 0.1) is 6.10 Å². The molecule has 1 fully saturated rings. The summed E-state index contributed by atoms with van der Waals surface area (Å²) >= 11 is 3.59. The maximum atomic E-state index is 5.61. The minimum absolute atomic E-state index is 0.381. The fraction of sp³-hybridized carbons (Fsp3) is 0.571. The molecule has 3 heteroatoms. The summed E-state index contributed by atoms with van der Waals surface area (Å²) in [5.74, 6) is 0. The van der Waals surface area contributed by atoms with Crippen LogP contribution >= 0.6 is 15.9 Å². The monoisotopic (exact) mass is 297 g/mol. The van der Waals surface area contributed by atoms with Crippen molar-refractivity contribution in [1.82, 2.24) is 5.32 Å². The molecule has 0 amide bonds. The van der Waals surface area contributed by atoms with Crippen LogP contribution < -0.4 is 5.32 Å². The smallest absolute Gasteiger partial charge is 0.0588 e. The molecule has 94 valence electrons. The van der Waals surface area contributed by atoms with E-state index in [1.54, 1.807) is 0 Å². The van der Waals surface area contributed by atoms with Crippen molar-refractivity contribution in [1.29, 1.82) is 0 Å². The van der Waals surface area contributed by atoms with Gasteiger partial charge >= 0.3 is 0 Å². The molecular formula is C14H20BrNO. The quantitative estimate of drug-likeness (QED) is 0.895. The Bertz CT molecular complexity index is 350. The van der Waals surface area contributed by atoms with Gasteiger partial charge in [-0.05, 0) is 44.4 Å². The van der Waals surface area contributed by atoms with Gasteiger partial charge in [-0.15, -0.1) is 0 Å². The Kier molecular flexibility index (Phi) is 5.01. The van der Waals surface area contributed by atoms with Crippen LogP contribution in [0.15, 0.2) is 28.7 Å². The Morgan fingerprint density at radius 1 is 1.47 bits per heavy atom. The molecule has 0 spiro atoms. The largest absolute Gasteiger partial charge is 0.378 e. The second kappa shape index (κ2) is 6.53. The predicted molar refractivity (Wildman–Crippen MR) is 74.2 cm³/mol. The van der Waals surface area contributed by atoms with E-state index in [4.69, 9.17) is 4.74 Å². The Morgan fingerprint density at radius 2 is 2.29 bits per heavy atom. The van der Waals surface area contributed by atoms with Crippen LogP contribution in [0.3, 0.4) is 0 Å². The third-order valence-corrected chi connectivity index (χ3v) is 4.03. The van der Waals surface area contributed by atoms with Gasteiger partial charge in [-0.3, -0.25) is 0 Å². The highest BCUT2D eigenvalue weighted by Gasteiger charge is 2.15. The van der Waals surface area contributed by atoms with E-state index >= 15 is 0 Å². The van der Waals surface area contributed by atoms with Gasteiger partial charge in [0.1, 0.15) is 0 Å². The maximum Gasteiger partial charge on any atom is 0.0588 e. The van der Waals surface area contributed by atoms with Crippen molar-refractivity contribution in [2.24, 2.45) is 0 Å². The lowest BCUT2D eigenvalue weighted by molar-refractivity contribution is 0.103. The van der Waals surface area contributed by atoms with Crippen molar-refractivity contribution < 1.29 is 4.74 Å². The molecule has 2 atom stereocenters. The normalized spacial score (nSPS) is 21.6. The van der Waals surface area contributed by atoms with Gasteiger partial charge in [0.2, 0.25) is 0 Å². The second-order valence-electron chi connectivity index (χ2n) is 4.62. The lowest BCUT2D eigenvalue weighted by Gasteiger charge is -2.17. The van der Waals surface area contributed by atoms with E-state index < -0.39 is 0 Å². The molecule has 1 aliphatic rings. The third kappa shape index (κ3) is 3.80. The van der Waals surface area contributed by atoms with E-state index in [1.165, 1.54) is 22.9 Å². The molecule has 1 aliphatic heterocycles. The number of ether oxygens (including phenoxy) is 1. The van der Waals surface area contributed by atoms with Crippen LogP contribution in [0.25, 0.3) is 0 Å². The number of benzene rings is 1. The number of halogens is 1. The summed E-state index contributed by atoms with van der Waals surface area (Å²) in [4.78, 5) is 0. The zero-order valence-electron chi connectivity index (χ0n) is 10.3. The topological polar surface area (TPSA) is 21.3 Å². The zero-order chi connectivity index (χ0) is 12.1. The Balaban J connectivity index is 1.77. The molecule has 1 unspecified atom stereocenters. The summed E-state index contributed by atoms with van der Waals surface area (Å²) in [7, 11) is 0. The Hall–Kier alpha value is -0.380. The minimum Gasteiger partial charge on any atom is -0.378 e. The summed E-state index contributed by atoms with van der Waals surface area (Å²) in [6, 6.07) is 8.76. The molecule has 2 nitrogen and oxygen atoms in total. The summed E-state index contributed by atoms with van der Waals surface area (Å²) < 4.78 is 6.79. The summed E-state index contributed by atoms with van der Waals surface area (Å²) in [6.07, 6.45) is 4.05. The zero-order valence-corrected chi connectivity index (χ0v) is 11.9. The molecule has 1 aromatic rings. The van der Waals surface area contributed by atoms with Gasteiger partial charge < -0.3 is 10.1 Å². The average Bonchev–Trinajstić information content (AvgIpc) is 2.82. The van der Waals surface area contributed by atoms with E-state index in [1.807, 2.05) is 6.07 Å². The molecule has 2 rings (SSSR count). The lowest BCUT2D eigenvalue weighted by Crippen LogP contribution is -2.23. The molecule has 1 N–H and O–H groups in total. The fourth-order valence-electron chi connectivity index (χ4n) is 2.27. The first-order chi connectivity index (χ1) is 8.27. The number of nitrogens with one attached hydrogen (secondary N) is 1. The van der Waals surface area contributed by atoms with E-state index in [0.29, 0.717) is 12.1 Å². The van der Waals surface area contributed by atoms with E-state index in [9.17, 15) is 0 Å². The predicted octanol–water partition coefficient (Wildman–Crippen LogP) is 3.67. The summed E-state index contributed by atoms with van der Waals surface area (Å²) in [6.45, 7) is 4.17. The van der Waals surface area contributed by atoms with Crippen LogP contribution in [0.5, 0.6) is 0 Å². The standard InChI is InChI=1S/C14H20BrNO/c1-11(13-6-2-3-7-14(13)15)16-9-8-12-5-4-10-17-12/h2-3,6-7,11-12,16H,4-5,8-10H2,1H3/t11-,12?/m0/s1. The molecular weight excluding hydrogens is 278 g/mol. The highest BCUT2D eigenvalue weighted by Crippen LogP contribution is 2.23. The minimum atomic E-state index is 0.381. The first-order valence-electron chi connectivity index (χ1n) is 6.37. The van der Waals surface area contributed by atoms with Gasteiger partial charge in [-0.2, -0.15) is 0 Å². The van der Waals surface area contributed by atoms with Crippen molar-refractivity contribution in [3.8, 4) is 0 Å². The van der Waals surface area contributed by atoms with Crippen molar-refractivity contribution in [2.45, 2.75) is 38.3 Å². The third-order valence-electron chi connectivity index (χ3n) is 3.31. The van der Waals surface area contributed by atoms with Crippen LogP contribution in [-0.4, -0.2) is 19.3 Å². The SMILES string of the molecule is C[C@H](NCCC1CCCO1)c1ccccc1Br. The van der Waals surface area contributed by atoms with Gasteiger partial charge in [0.25, 0.3) is 0 Å². The van der Waals surface area contributed by atoms with Gasteiger partial charge in [-0.25, -0.2) is 0 Å². The lowest BCUT2D eigenvalue weighted by atomic mass is 10.1. The van der Waals surface area contributed by atoms with Crippen molar-refractivity contribution in [3.05, 3.63) is 34.3 Å². The van der Waals surface area contributed by atoms with Gasteiger partial charge in [0.15, 0.2) is 0 Å². The fourth-order valence-corrected chi connectivity index (χ4v) is 2.90. The second-order valence-corrected chi connectivity index (χ2v) is 5.48. The highest BCUT2D eigenvalue weighted by molar-refractivity contribution is 9.10. The first kappa shape index (κ1) is 13.1. The van der Waals surface area contributed by atoms with Crippen LogP contribution in [0.1, 0.15) is 37.8 Å². The van der Waals surface area contributed by atoms with Crippen molar-refractivity contribution in [3.63, 3.8) is 0 Å².